The molecule has 0 aliphatic heterocycles. The maximum Gasteiger partial charge on any atom is 0.210 e. The fourth-order valence-electron chi connectivity index (χ4n) is 0. The SMILES string of the molecule is CCC.CCC.CCS(C)(=O)=O.CCS(C)(=O)=O.CN(C)C.CN(C)C.CN(C)S(C)(=O)=O.CN(C)S(C)(=O)=O.CNS(C)(=O)=O.CS(C)(=O)=O.CS(C)(=O)=O. The van der Waals surface area contributed by atoms with Crippen molar-refractivity contribution < 1.29 is 58.9 Å². The van der Waals surface area contributed by atoms with E-state index in [2.05, 4.69) is 32.4 Å². The summed E-state index contributed by atoms with van der Waals surface area (Å²) in [6.45, 7) is 11.7. The third kappa shape index (κ3) is 352. The molecule has 0 aromatic rings. The third-order valence-electron chi connectivity index (χ3n) is 2.75. The minimum absolute atomic E-state index is 0.243. The van der Waals surface area contributed by atoms with Gasteiger partial charge in [0.1, 0.15) is 39.3 Å². The Bertz CT molecular complexity index is 1420. The molecule has 358 valence electrons. The zero-order valence-electron chi connectivity index (χ0n) is 39.7. The minimum Gasteiger partial charge on any atom is -0.312 e. The van der Waals surface area contributed by atoms with Gasteiger partial charge in [-0.05, 0) is 49.3 Å². The monoisotopic (exact) mass is 965 g/mol. The van der Waals surface area contributed by atoms with Crippen molar-refractivity contribution in [3.63, 3.8) is 0 Å². The highest BCUT2D eigenvalue weighted by Crippen LogP contribution is 1.83. The van der Waals surface area contributed by atoms with E-state index in [4.69, 9.17) is 0 Å². The smallest absolute Gasteiger partial charge is 0.210 e. The second-order valence-corrected chi connectivity index (χ2v) is 28.7. The van der Waals surface area contributed by atoms with Crippen molar-refractivity contribution in [1.29, 1.82) is 0 Å². The molecule has 0 radical (unpaired) electrons. The molecule has 0 fully saturated rings. The highest BCUT2D eigenvalue weighted by atomic mass is 32.2. The molecule has 56 heavy (non-hydrogen) atoms. The molecule has 0 heterocycles. The van der Waals surface area contributed by atoms with E-state index in [0.717, 1.165) is 52.4 Å². The van der Waals surface area contributed by atoms with Crippen LogP contribution in [0.15, 0.2) is 0 Å². The predicted octanol–water partition coefficient (Wildman–Crippen LogP) is 0.792. The fourth-order valence-corrected chi connectivity index (χ4v) is 0. The predicted molar refractivity (Wildman–Crippen MR) is 244 cm³/mol. The number of nitrogens with one attached hydrogen (secondary N) is 1. The van der Waals surface area contributed by atoms with Crippen molar-refractivity contribution in [2.24, 2.45) is 0 Å². The standard InChI is InChI=1S/2C3H9NO2S.2C3H9N.2C3H8O2S.2C3H8.C2H7NO2S.2C2H6O2S/c2*1-4(2)7(3,5)6;2*1-4(2)3;2*1-3-6(2,4)5;2*1-3-2;1-3-6(2,4)5;2*1-5(2,3)4/h2*1-3H3;2*1-3H3;2*3H2,1-2H3;2*3H2,1-2H3;3H,1-2H3;2*1-2H3. The van der Waals surface area contributed by atoms with E-state index in [1.165, 1.54) is 60.6 Å². The highest BCUT2D eigenvalue weighted by molar-refractivity contribution is 7.91. The van der Waals surface area contributed by atoms with E-state index in [1.807, 2.05) is 52.1 Å². The largest absolute Gasteiger partial charge is 0.312 e. The lowest BCUT2D eigenvalue weighted by Crippen LogP contribution is -2.19. The first-order valence-corrected chi connectivity index (χ1v) is 30.7. The lowest BCUT2D eigenvalue weighted by atomic mass is 10.6. The first-order valence-electron chi connectivity index (χ1n) is 16.4. The fraction of sp³-hybridized carbons (Fsp3) is 1.00. The molecule has 26 heteroatoms. The van der Waals surface area contributed by atoms with Gasteiger partial charge in [-0.2, -0.15) is 0 Å². The van der Waals surface area contributed by atoms with Crippen molar-refractivity contribution in [3.05, 3.63) is 0 Å². The molecule has 0 aliphatic carbocycles. The average molecular weight is 967 g/mol. The molecule has 0 saturated carbocycles. The summed E-state index contributed by atoms with van der Waals surface area (Å²) in [6.07, 6.45) is 13.0. The van der Waals surface area contributed by atoms with Crippen molar-refractivity contribution in [2.45, 2.75) is 54.4 Å². The molecule has 0 amide bonds. The summed E-state index contributed by atoms with van der Waals surface area (Å²) in [5.41, 5.74) is 0. The Balaban J connectivity index is -0.0000000446. The Labute approximate surface area is 349 Å². The second kappa shape index (κ2) is 45.5. The third-order valence-corrected chi connectivity index (χ3v) is 8.24. The molecule has 0 atom stereocenters. The minimum atomic E-state index is -2.91. The molecular weight excluding hydrogens is 879 g/mol. The molecular formula is C30H87N5O14S7. The van der Waals surface area contributed by atoms with E-state index in [9.17, 15) is 58.9 Å². The molecule has 19 nitrogen and oxygen atoms in total. The lowest BCUT2D eigenvalue weighted by molar-refractivity contribution is 0.505. The van der Waals surface area contributed by atoms with Crippen LogP contribution in [0.25, 0.3) is 0 Å². The number of nitrogens with zero attached hydrogens (tertiary/aromatic N) is 4. The summed E-state index contributed by atoms with van der Waals surface area (Å²) < 4.78 is 144. The first-order chi connectivity index (χ1) is 23.9. The van der Waals surface area contributed by atoms with Crippen LogP contribution >= 0.6 is 0 Å². The van der Waals surface area contributed by atoms with E-state index >= 15 is 0 Å². The number of sulfone groups is 4. The molecule has 0 bridgehead atoms. The summed E-state index contributed by atoms with van der Waals surface area (Å²) in [5, 5.41) is 0. The van der Waals surface area contributed by atoms with Crippen LogP contribution in [0.3, 0.4) is 0 Å². The molecule has 0 saturated heterocycles. The van der Waals surface area contributed by atoms with Crippen LogP contribution in [0.1, 0.15) is 54.4 Å². The Hall–Kier alpha value is -0.550. The number of hydrogen-bond donors (Lipinski definition) is 1. The van der Waals surface area contributed by atoms with Crippen LogP contribution in [0.5, 0.6) is 0 Å². The van der Waals surface area contributed by atoms with Gasteiger partial charge in [0.05, 0.1) is 18.8 Å². The maximum absolute atomic E-state index is 10.3. The molecule has 0 aromatic carbocycles. The second-order valence-electron chi connectivity index (χ2n) is 12.9. The van der Waals surface area contributed by atoms with Crippen LogP contribution < -0.4 is 4.72 Å². The van der Waals surface area contributed by atoms with Gasteiger partial charge in [0.15, 0.2) is 0 Å². The molecule has 1 N–H and O–H groups in total. The average Bonchev–Trinajstić information content (AvgIpc) is 2.86. The van der Waals surface area contributed by atoms with Crippen LogP contribution in [-0.4, -0.2) is 223 Å². The molecule has 0 unspecified atom stereocenters. The van der Waals surface area contributed by atoms with Crippen molar-refractivity contribution >= 4 is 69.4 Å². The van der Waals surface area contributed by atoms with Gasteiger partial charge in [-0.25, -0.2) is 72.3 Å². The quantitative estimate of drug-likeness (QED) is 0.399. The molecule has 0 rings (SSSR count). The van der Waals surface area contributed by atoms with Gasteiger partial charge in [0.2, 0.25) is 30.1 Å². The van der Waals surface area contributed by atoms with Crippen LogP contribution in [0, 0.1) is 0 Å². The van der Waals surface area contributed by atoms with Gasteiger partial charge in [-0.3, -0.25) is 0 Å². The summed E-state index contributed by atoms with van der Waals surface area (Å²) in [5.74, 6) is 0.486. The van der Waals surface area contributed by atoms with E-state index < -0.39 is 69.4 Å². The maximum atomic E-state index is 10.3. The number of sulfonamides is 3. The summed E-state index contributed by atoms with van der Waals surface area (Å²) in [6, 6.07) is 0. The normalized spacial score (nSPS) is 10.9. The van der Waals surface area contributed by atoms with Crippen molar-refractivity contribution in [1.82, 2.24) is 23.1 Å². The Morgan fingerprint density at radius 2 is 0.411 bits per heavy atom. The Morgan fingerprint density at radius 1 is 0.357 bits per heavy atom. The molecule has 0 aromatic heterocycles. The van der Waals surface area contributed by atoms with Gasteiger partial charge in [-0.15, -0.1) is 0 Å². The van der Waals surface area contributed by atoms with Crippen molar-refractivity contribution in [3.8, 4) is 0 Å². The highest BCUT2D eigenvalue weighted by Gasteiger charge is 2.01. The van der Waals surface area contributed by atoms with E-state index in [-0.39, 0.29) is 11.5 Å². The van der Waals surface area contributed by atoms with E-state index in [0.29, 0.717) is 0 Å². The zero-order chi connectivity index (χ0) is 49.3. The zero-order valence-corrected chi connectivity index (χ0v) is 45.4. The topological polar surface area (TPSA) is 264 Å². The summed E-state index contributed by atoms with van der Waals surface area (Å²) in [7, 11) is -0.0324. The van der Waals surface area contributed by atoms with Gasteiger partial charge < -0.3 is 9.80 Å². The van der Waals surface area contributed by atoms with Crippen molar-refractivity contribution in [2.75, 3.05) is 145 Å². The summed E-state index contributed by atoms with van der Waals surface area (Å²) in [4.78, 5) is 4.00. The Kier molecular flexibility index (Phi) is 67.7. The lowest BCUT2D eigenvalue weighted by Gasteiger charge is -2.02. The van der Waals surface area contributed by atoms with Gasteiger partial charge in [-0.1, -0.05) is 54.4 Å². The van der Waals surface area contributed by atoms with Gasteiger partial charge >= 0.3 is 0 Å². The van der Waals surface area contributed by atoms with Gasteiger partial charge in [0, 0.05) is 77.2 Å². The first kappa shape index (κ1) is 83.2. The van der Waals surface area contributed by atoms with Gasteiger partial charge in [0.25, 0.3) is 0 Å². The summed E-state index contributed by atoms with van der Waals surface area (Å²) >= 11 is 0. The number of rotatable bonds is 5. The van der Waals surface area contributed by atoms with Crippen LogP contribution in [-0.2, 0) is 69.4 Å². The number of hydrogen-bond acceptors (Lipinski definition) is 16. The van der Waals surface area contributed by atoms with Crippen LogP contribution in [0.2, 0.25) is 0 Å². The molecule has 0 aliphatic rings. The Morgan fingerprint density at radius 3 is 0.411 bits per heavy atom. The molecule has 0 spiro atoms. The van der Waals surface area contributed by atoms with Crippen LogP contribution in [0.4, 0.5) is 0 Å². The van der Waals surface area contributed by atoms with E-state index in [1.54, 1.807) is 13.8 Å².